The summed E-state index contributed by atoms with van der Waals surface area (Å²) in [6.07, 6.45) is 1.32. The molecule has 1 saturated heterocycles. The second-order valence-electron chi connectivity index (χ2n) is 5.39. The van der Waals surface area contributed by atoms with Gasteiger partial charge in [-0.05, 0) is 19.1 Å². The first-order chi connectivity index (χ1) is 11.7. The third kappa shape index (κ3) is 3.53. The molecule has 0 N–H and O–H groups in total. The summed E-state index contributed by atoms with van der Waals surface area (Å²) in [5.74, 6) is 0.0710. The van der Waals surface area contributed by atoms with E-state index in [1.54, 1.807) is 23.4 Å². The van der Waals surface area contributed by atoms with Gasteiger partial charge in [0.05, 0.1) is 13.2 Å². The molecule has 24 heavy (non-hydrogen) atoms. The lowest BCUT2D eigenvalue weighted by atomic mass is 10.2. The molecule has 0 bridgehead atoms. The Labute approximate surface area is 139 Å². The third-order valence-electron chi connectivity index (χ3n) is 3.88. The number of halogens is 1. The zero-order valence-corrected chi connectivity index (χ0v) is 13.4. The first-order valence-electron chi connectivity index (χ1n) is 7.83. The summed E-state index contributed by atoms with van der Waals surface area (Å²) < 4.78 is 26.4. The van der Waals surface area contributed by atoms with Gasteiger partial charge in [-0.2, -0.15) is 0 Å². The standard InChI is InChI=1S/C16H19FN4O3/c1-2-20-11-18-19-16(20)14-9-21(7-8-23-14)15(22)10-24-13-6-4-3-5-12(13)17/h3-6,11,14H,2,7-10H2,1H3/t14-/m1/s1. The summed E-state index contributed by atoms with van der Waals surface area (Å²) in [5, 5.41) is 7.97. The highest BCUT2D eigenvalue weighted by Gasteiger charge is 2.28. The summed E-state index contributed by atoms with van der Waals surface area (Å²) >= 11 is 0. The van der Waals surface area contributed by atoms with E-state index in [2.05, 4.69) is 10.2 Å². The quantitative estimate of drug-likeness (QED) is 0.827. The van der Waals surface area contributed by atoms with Crippen LogP contribution in [0.3, 0.4) is 0 Å². The van der Waals surface area contributed by atoms with Crippen LogP contribution in [0.1, 0.15) is 18.9 Å². The van der Waals surface area contributed by atoms with E-state index in [0.717, 1.165) is 6.54 Å². The SMILES string of the molecule is CCn1cnnc1[C@H]1CN(C(=O)COc2ccccc2F)CCO1. The lowest BCUT2D eigenvalue weighted by Gasteiger charge is -2.32. The van der Waals surface area contributed by atoms with Crippen molar-refractivity contribution >= 4 is 5.91 Å². The van der Waals surface area contributed by atoms with Crippen molar-refractivity contribution in [3.8, 4) is 5.75 Å². The van der Waals surface area contributed by atoms with Crippen molar-refractivity contribution in [3.05, 3.63) is 42.2 Å². The van der Waals surface area contributed by atoms with Crippen LogP contribution < -0.4 is 4.74 Å². The number of carbonyl (C=O) groups excluding carboxylic acids is 1. The lowest BCUT2D eigenvalue weighted by molar-refractivity contribution is -0.141. The number of rotatable bonds is 5. The highest BCUT2D eigenvalue weighted by atomic mass is 19.1. The second kappa shape index (κ2) is 7.39. The summed E-state index contributed by atoms with van der Waals surface area (Å²) in [7, 11) is 0. The minimum Gasteiger partial charge on any atom is -0.481 e. The number of amides is 1. The van der Waals surface area contributed by atoms with Crippen LogP contribution in [-0.4, -0.2) is 51.9 Å². The topological polar surface area (TPSA) is 69.5 Å². The highest BCUT2D eigenvalue weighted by molar-refractivity contribution is 5.77. The molecule has 0 spiro atoms. The van der Waals surface area contributed by atoms with Crippen LogP contribution in [0.25, 0.3) is 0 Å². The number of aryl methyl sites for hydroxylation is 1. The molecule has 1 aromatic carbocycles. The third-order valence-corrected chi connectivity index (χ3v) is 3.88. The van der Waals surface area contributed by atoms with Gasteiger partial charge in [0.1, 0.15) is 12.4 Å². The molecule has 128 valence electrons. The molecule has 8 heteroatoms. The molecular formula is C16H19FN4O3. The van der Waals surface area contributed by atoms with E-state index in [-0.39, 0.29) is 24.4 Å². The molecule has 0 aliphatic carbocycles. The number of nitrogens with zero attached hydrogens (tertiary/aromatic N) is 4. The van der Waals surface area contributed by atoms with Gasteiger partial charge in [-0.1, -0.05) is 12.1 Å². The largest absolute Gasteiger partial charge is 0.481 e. The molecule has 0 saturated carbocycles. The van der Waals surface area contributed by atoms with Crippen molar-refractivity contribution in [1.82, 2.24) is 19.7 Å². The number of carbonyl (C=O) groups is 1. The van der Waals surface area contributed by atoms with Gasteiger partial charge in [0.25, 0.3) is 5.91 Å². The molecule has 1 fully saturated rings. The maximum absolute atomic E-state index is 13.5. The zero-order chi connectivity index (χ0) is 16.9. The molecule has 3 rings (SSSR count). The van der Waals surface area contributed by atoms with E-state index in [4.69, 9.17) is 9.47 Å². The van der Waals surface area contributed by atoms with Crippen LogP contribution in [0.5, 0.6) is 5.75 Å². The summed E-state index contributed by atoms with van der Waals surface area (Å²) in [4.78, 5) is 14.0. The maximum atomic E-state index is 13.5. The van der Waals surface area contributed by atoms with Crippen LogP contribution in [0.4, 0.5) is 4.39 Å². The number of ether oxygens (including phenoxy) is 2. The Morgan fingerprint density at radius 3 is 3.08 bits per heavy atom. The van der Waals surface area contributed by atoms with Gasteiger partial charge < -0.3 is 18.9 Å². The van der Waals surface area contributed by atoms with Crippen molar-refractivity contribution in [1.29, 1.82) is 0 Å². The Morgan fingerprint density at radius 1 is 1.46 bits per heavy atom. The Morgan fingerprint density at radius 2 is 2.29 bits per heavy atom. The van der Waals surface area contributed by atoms with Crippen LogP contribution in [0.2, 0.25) is 0 Å². The monoisotopic (exact) mass is 334 g/mol. The summed E-state index contributed by atoms with van der Waals surface area (Å²) in [5.41, 5.74) is 0. The normalized spacial score (nSPS) is 17.8. The molecule has 1 aromatic heterocycles. The fourth-order valence-electron chi connectivity index (χ4n) is 2.58. The molecule has 0 unspecified atom stereocenters. The minimum absolute atomic E-state index is 0.0707. The Balaban J connectivity index is 1.60. The predicted octanol–water partition coefficient (Wildman–Crippen LogP) is 1.42. The molecular weight excluding hydrogens is 315 g/mol. The Bertz CT molecular complexity index is 706. The number of aromatic nitrogens is 3. The zero-order valence-electron chi connectivity index (χ0n) is 13.4. The molecule has 2 aromatic rings. The summed E-state index contributed by atoms with van der Waals surface area (Å²) in [6.45, 7) is 3.75. The van der Waals surface area contributed by atoms with Crippen molar-refractivity contribution in [2.24, 2.45) is 0 Å². The molecule has 1 atom stereocenters. The van der Waals surface area contributed by atoms with E-state index in [1.165, 1.54) is 12.1 Å². The van der Waals surface area contributed by atoms with Crippen LogP contribution in [-0.2, 0) is 16.1 Å². The number of morpholine rings is 1. The van der Waals surface area contributed by atoms with Gasteiger partial charge >= 0.3 is 0 Å². The van der Waals surface area contributed by atoms with Crippen LogP contribution in [0.15, 0.2) is 30.6 Å². The molecule has 1 amide bonds. The molecule has 7 nitrogen and oxygen atoms in total. The molecule has 1 aliphatic heterocycles. The lowest BCUT2D eigenvalue weighted by Crippen LogP contribution is -2.44. The van der Waals surface area contributed by atoms with Crippen molar-refractivity contribution < 1.29 is 18.7 Å². The van der Waals surface area contributed by atoms with E-state index >= 15 is 0 Å². The fourth-order valence-corrected chi connectivity index (χ4v) is 2.58. The maximum Gasteiger partial charge on any atom is 0.260 e. The van der Waals surface area contributed by atoms with Crippen molar-refractivity contribution in [2.75, 3.05) is 26.3 Å². The average Bonchev–Trinajstić information content (AvgIpc) is 3.09. The van der Waals surface area contributed by atoms with Crippen molar-refractivity contribution in [2.45, 2.75) is 19.6 Å². The van der Waals surface area contributed by atoms with Gasteiger partial charge in [0, 0.05) is 13.1 Å². The minimum atomic E-state index is -0.485. The van der Waals surface area contributed by atoms with Crippen molar-refractivity contribution in [3.63, 3.8) is 0 Å². The second-order valence-corrected chi connectivity index (χ2v) is 5.39. The number of para-hydroxylation sites is 1. The number of benzene rings is 1. The van der Waals surface area contributed by atoms with E-state index in [0.29, 0.717) is 25.5 Å². The summed E-state index contributed by atoms with van der Waals surface area (Å²) in [6, 6.07) is 6.02. The molecule has 0 radical (unpaired) electrons. The van der Waals surface area contributed by atoms with E-state index in [9.17, 15) is 9.18 Å². The fraction of sp³-hybridized carbons (Fsp3) is 0.438. The van der Waals surface area contributed by atoms with Crippen LogP contribution in [0, 0.1) is 5.82 Å². The van der Waals surface area contributed by atoms with Gasteiger partial charge in [0.15, 0.2) is 24.0 Å². The predicted molar refractivity (Wildman–Crippen MR) is 82.9 cm³/mol. The van der Waals surface area contributed by atoms with E-state index < -0.39 is 5.82 Å². The van der Waals surface area contributed by atoms with Gasteiger partial charge in [-0.15, -0.1) is 10.2 Å². The Hall–Kier alpha value is -2.48. The molecule has 1 aliphatic rings. The Kier molecular flexibility index (Phi) is 5.05. The van der Waals surface area contributed by atoms with E-state index in [1.807, 2.05) is 11.5 Å². The first kappa shape index (κ1) is 16.4. The van der Waals surface area contributed by atoms with Gasteiger partial charge in [0.2, 0.25) is 0 Å². The number of hydrogen-bond donors (Lipinski definition) is 0. The highest BCUT2D eigenvalue weighted by Crippen LogP contribution is 2.21. The number of hydrogen-bond acceptors (Lipinski definition) is 5. The van der Waals surface area contributed by atoms with Crippen LogP contribution >= 0.6 is 0 Å². The first-order valence-corrected chi connectivity index (χ1v) is 7.83. The molecule has 2 heterocycles. The van der Waals surface area contributed by atoms with Gasteiger partial charge in [-0.25, -0.2) is 4.39 Å². The smallest absolute Gasteiger partial charge is 0.260 e. The van der Waals surface area contributed by atoms with Gasteiger partial charge in [-0.3, -0.25) is 4.79 Å². The average molecular weight is 334 g/mol.